The number of benzene rings is 1. The predicted octanol–water partition coefficient (Wildman–Crippen LogP) is 4.36. The molecule has 0 aliphatic carbocycles. The number of aromatic nitrogens is 1. The summed E-state index contributed by atoms with van der Waals surface area (Å²) in [6.45, 7) is 8.47. The van der Waals surface area contributed by atoms with Crippen molar-refractivity contribution in [3.05, 3.63) is 40.5 Å². The van der Waals surface area contributed by atoms with Crippen molar-refractivity contribution in [2.45, 2.75) is 33.1 Å². The molecule has 1 heterocycles. The van der Waals surface area contributed by atoms with E-state index in [0.29, 0.717) is 17.2 Å². The second kappa shape index (κ2) is 5.41. The Morgan fingerprint density at radius 3 is 2.65 bits per heavy atom. The van der Waals surface area contributed by atoms with Gasteiger partial charge in [-0.3, -0.25) is 4.98 Å². The second-order valence-corrected chi connectivity index (χ2v) is 6.07. The molecule has 1 aromatic carbocycles. The van der Waals surface area contributed by atoms with Crippen LogP contribution in [0.15, 0.2) is 24.4 Å². The molecule has 20 heavy (non-hydrogen) atoms. The van der Waals surface area contributed by atoms with Gasteiger partial charge in [-0.15, -0.1) is 0 Å². The topological polar surface area (TPSA) is 39.2 Å². The molecule has 3 nitrogen and oxygen atoms in total. The third-order valence-corrected chi connectivity index (χ3v) is 3.57. The summed E-state index contributed by atoms with van der Waals surface area (Å²) in [6.07, 6.45) is 1.47. The Labute approximate surface area is 123 Å². The number of carbonyl (C=O) groups excluding carboxylic acids is 1. The SMILES string of the molecule is CCOC(=O)c1cnc2ccc(C(C)(C)C)cc2c1Cl. The minimum absolute atomic E-state index is 0.0114. The second-order valence-electron chi connectivity index (χ2n) is 5.69. The number of hydrogen-bond donors (Lipinski definition) is 0. The third kappa shape index (κ3) is 2.78. The molecular weight excluding hydrogens is 274 g/mol. The van der Waals surface area contributed by atoms with Crippen molar-refractivity contribution in [2.75, 3.05) is 6.61 Å². The molecule has 0 bridgehead atoms. The molecule has 0 fully saturated rings. The van der Waals surface area contributed by atoms with Gasteiger partial charge in [0.1, 0.15) is 0 Å². The monoisotopic (exact) mass is 291 g/mol. The standard InChI is InChI=1S/C16H18ClNO2/c1-5-20-15(19)12-9-18-13-7-6-10(16(2,3)4)8-11(13)14(12)17/h6-9H,5H2,1-4H3. The maximum absolute atomic E-state index is 11.8. The van der Waals surface area contributed by atoms with E-state index in [0.717, 1.165) is 16.5 Å². The van der Waals surface area contributed by atoms with E-state index in [4.69, 9.17) is 16.3 Å². The van der Waals surface area contributed by atoms with Gasteiger partial charge in [0.05, 0.1) is 22.7 Å². The number of ether oxygens (including phenoxy) is 1. The van der Waals surface area contributed by atoms with Crippen molar-refractivity contribution in [1.29, 1.82) is 0 Å². The fraction of sp³-hybridized carbons (Fsp3) is 0.375. The highest BCUT2D eigenvalue weighted by atomic mass is 35.5. The molecule has 0 amide bonds. The number of pyridine rings is 1. The maximum atomic E-state index is 11.8. The highest BCUT2D eigenvalue weighted by Gasteiger charge is 2.18. The van der Waals surface area contributed by atoms with Crippen molar-refractivity contribution >= 4 is 28.5 Å². The van der Waals surface area contributed by atoms with E-state index in [-0.39, 0.29) is 5.41 Å². The quantitative estimate of drug-likeness (QED) is 0.772. The van der Waals surface area contributed by atoms with E-state index in [1.54, 1.807) is 6.92 Å². The smallest absolute Gasteiger partial charge is 0.341 e. The van der Waals surface area contributed by atoms with Gasteiger partial charge in [-0.2, -0.15) is 0 Å². The maximum Gasteiger partial charge on any atom is 0.341 e. The molecule has 0 aliphatic heterocycles. The van der Waals surface area contributed by atoms with Crippen LogP contribution in [0.1, 0.15) is 43.6 Å². The zero-order chi connectivity index (χ0) is 14.9. The largest absolute Gasteiger partial charge is 0.462 e. The van der Waals surface area contributed by atoms with Crippen molar-refractivity contribution in [3.63, 3.8) is 0 Å². The first-order chi connectivity index (χ1) is 9.34. The Morgan fingerprint density at radius 2 is 2.05 bits per heavy atom. The van der Waals surface area contributed by atoms with Crippen molar-refractivity contribution in [3.8, 4) is 0 Å². The minimum atomic E-state index is -0.437. The molecule has 0 atom stereocenters. The molecule has 4 heteroatoms. The molecule has 0 radical (unpaired) electrons. The van der Waals surface area contributed by atoms with Gasteiger partial charge in [-0.05, 0) is 30.0 Å². The summed E-state index contributed by atoms with van der Waals surface area (Å²) in [5, 5.41) is 1.18. The van der Waals surface area contributed by atoms with Crippen molar-refractivity contribution < 1.29 is 9.53 Å². The van der Waals surface area contributed by atoms with E-state index < -0.39 is 5.97 Å². The van der Waals surface area contributed by atoms with Crippen LogP contribution >= 0.6 is 11.6 Å². The lowest BCUT2D eigenvalue weighted by atomic mass is 9.86. The van der Waals surface area contributed by atoms with E-state index in [9.17, 15) is 4.79 Å². The van der Waals surface area contributed by atoms with Gasteiger partial charge in [-0.25, -0.2) is 4.79 Å². The van der Waals surface area contributed by atoms with E-state index >= 15 is 0 Å². The van der Waals surface area contributed by atoms with Gasteiger partial charge in [-0.1, -0.05) is 38.4 Å². The molecule has 106 valence electrons. The van der Waals surface area contributed by atoms with Crippen LogP contribution < -0.4 is 0 Å². The lowest BCUT2D eigenvalue weighted by Gasteiger charge is -2.19. The van der Waals surface area contributed by atoms with Crippen molar-refractivity contribution in [2.24, 2.45) is 0 Å². The molecule has 1 aromatic heterocycles. The van der Waals surface area contributed by atoms with E-state index in [2.05, 4.69) is 25.8 Å². The van der Waals surface area contributed by atoms with Crippen molar-refractivity contribution in [1.82, 2.24) is 4.98 Å². The zero-order valence-corrected chi connectivity index (χ0v) is 12.9. The number of esters is 1. The molecule has 2 rings (SSSR count). The zero-order valence-electron chi connectivity index (χ0n) is 12.2. The number of fused-ring (bicyclic) bond motifs is 1. The van der Waals surface area contributed by atoms with Gasteiger partial charge in [0.2, 0.25) is 0 Å². The summed E-state index contributed by atoms with van der Waals surface area (Å²) in [6, 6.07) is 5.96. The Hall–Kier alpha value is -1.61. The van der Waals surface area contributed by atoms with E-state index in [1.165, 1.54) is 6.20 Å². The number of halogens is 1. The van der Waals surface area contributed by atoms with Gasteiger partial charge >= 0.3 is 5.97 Å². The summed E-state index contributed by atoms with van der Waals surface area (Å²) in [5.41, 5.74) is 2.25. The normalized spacial score (nSPS) is 11.7. The Kier molecular flexibility index (Phi) is 4.00. The molecule has 0 N–H and O–H groups in total. The number of hydrogen-bond acceptors (Lipinski definition) is 3. The third-order valence-electron chi connectivity index (χ3n) is 3.16. The number of nitrogens with zero attached hydrogens (tertiary/aromatic N) is 1. The van der Waals surface area contributed by atoms with Crippen LogP contribution in [0.4, 0.5) is 0 Å². The van der Waals surface area contributed by atoms with E-state index in [1.807, 2.05) is 18.2 Å². The first-order valence-corrected chi connectivity index (χ1v) is 6.98. The summed E-state index contributed by atoms with van der Waals surface area (Å²) in [5.74, 6) is -0.437. The molecular formula is C16H18ClNO2. The highest BCUT2D eigenvalue weighted by Crippen LogP contribution is 2.31. The Balaban J connectivity index is 2.61. The van der Waals surface area contributed by atoms with Crippen LogP contribution in [-0.2, 0) is 10.2 Å². The minimum Gasteiger partial charge on any atom is -0.462 e. The van der Waals surface area contributed by atoms with Gasteiger partial charge in [0, 0.05) is 11.6 Å². The summed E-state index contributed by atoms with van der Waals surface area (Å²) < 4.78 is 4.99. The predicted molar refractivity (Wildman–Crippen MR) is 81.4 cm³/mol. The first kappa shape index (κ1) is 14.8. The van der Waals surface area contributed by atoms with Crippen LogP contribution in [0.5, 0.6) is 0 Å². The van der Waals surface area contributed by atoms with Crippen LogP contribution in [0, 0.1) is 0 Å². The van der Waals surface area contributed by atoms with Gasteiger partial charge in [0.15, 0.2) is 0 Å². The molecule has 0 saturated carbocycles. The molecule has 2 aromatic rings. The average molecular weight is 292 g/mol. The Morgan fingerprint density at radius 1 is 1.35 bits per heavy atom. The van der Waals surface area contributed by atoms with Crippen LogP contribution in [-0.4, -0.2) is 17.6 Å². The van der Waals surface area contributed by atoms with Crippen LogP contribution in [0.2, 0.25) is 5.02 Å². The summed E-state index contributed by atoms with van der Waals surface area (Å²) in [7, 11) is 0. The summed E-state index contributed by atoms with van der Waals surface area (Å²) in [4.78, 5) is 16.1. The molecule has 0 saturated heterocycles. The summed E-state index contributed by atoms with van der Waals surface area (Å²) >= 11 is 6.35. The fourth-order valence-electron chi connectivity index (χ4n) is 1.98. The lowest BCUT2D eigenvalue weighted by Crippen LogP contribution is -2.11. The van der Waals surface area contributed by atoms with Crippen LogP contribution in [0.3, 0.4) is 0 Å². The Bertz CT molecular complexity index is 659. The van der Waals surface area contributed by atoms with Gasteiger partial charge < -0.3 is 4.74 Å². The molecule has 0 unspecified atom stereocenters. The fourth-order valence-corrected chi connectivity index (χ4v) is 2.26. The highest BCUT2D eigenvalue weighted by molar-refractivity contribution is 6.38. The number of rotatable bonds is 2. The average Bonchev–Trinajstić information content (AvgIpc) is 2.38. The van der Waals surface area contributed by atoms with Crippen LogP contribution in [0.25, 0.3) is 10.9 Å². The first-order valence-electron chi connectivity index (χ1n) is 6.60. The lowest BCUT2D eigenvalue weighted by molar-refractivity contribution is 0.0526. The van der Waals surface area contributed by atoms with Gasteiger partial charge in [0.25, 0.3) is 0 Å². The number of carbonyl (C=O) groups is 1. The molecule has 0 aliphatic rings. The molecule has 0 spiro atoms.